The number of amides is 2. The van der Waals surface area contributed by atoms with Gasteiger partial charge < -0.3 is 10.2 Å². The molecule has 0 saturated carbocycles. The molecule has 0 aliphatic carbocycles. The molecule has 1 N–H and O–H groups in total. The summed E-state index contributed by atoms with van der Waals surface area (Å²) in [5.74, 6) is -1.38. The number of carbonyl (C=O) groups excluding carboxylic acids is 2. The summed E-state index contributed by atoms with van der Waals surface area (Å²) >= 11 is 5.61. The zero-order valence-corrected chi connectivity index (χ0v) is 14.7. The SMILES string of the molecule is O=C(NCc1cccnc1)C1CC(=O)N(c2ccc(Cl)c(C(F)(F)F)c2)C1. The van der Waals surface area contributed by atoms with E-state index in [9.17, 15) is 22.8 Å². The van der Waals surface area contributed by atoms with E-state index in [1.807, 2.05) is 0 Å². The van der Waals surface area contributed by atoms with Gasteiger partial charge in [-0.15, -0.1) is 0 Å². The van der Waals surface area contributed by atoms with Gasteiger partial charge in [0.2, 0.25) is 11.8 Å². The molecule has 2 aromatic rings. The monoisotopic (exact) mass is 397 g/mol. The van der Waals surface area contributed by atoms with Crippen molar-refractivity contribution in [3.8, 4) is 0 Å². The van der Waals surface area contributed by atoms with E-state index in [2.05, 4.69) is 10.3 Å². The van der Waals surface area contributed by atoms with Gasteiger partial charge in [-0.25, -0.2) is 0 Å². The summed E-state index contributed by atoms with van der Waals surface area (Å²) in [6.45, 7) is 0.271. The fourth-order valence-corrected chi connectivity index (χ4v) is 3.09. The zero-order chi connectivity index (χ0) is 19.6. The van der Waals surface area contributed by atoms with Gasteiger partial charge in [-0.1, -0.05) is 17.7 Å². The lowest BCUT2D eigenvalue weighted by Gasteiger charge is -2.19. The maximum Gasteiger partial charge on any atom is 0.417 e. The first-order chi connectivity index (χ1) is 12.8. The zero-order valence-electron chi connectivity index (χ0n) is 14.0. The lowest BCUT2D eigenvalue weighted by Crippen LogP contribution is -2.32. The van der Waals surface area contributed by atoms with Gasteiger partial charge in [0.25, 0.3) is 0 Å². The highest BCUT2D eigenvalue weighted by Gasteiger charge is 2.38. The van der Waals surface area contributed by atoms with Crippen molar-refractivity contribution in [3.63, 3.8) is 0 Å². The van der Waals surface area contributed by atoms with Crippen LogP contribution >= 0.6 is 11.6 Å². The molecule has 9 heteroatoms. The molecule has 27 heavy (non-hydrogen) atoms. The number of aromatic nitrogens is 1. The van der Waals surface area contributed by atoms with Crippen LogP contribution < -0.4 is 10.2 Å². The average molecular weight is 398 g/mol. The molecule has 2 amide bonds. The fraction of sp³-hybridized carbons (Fsp3) is 0.278. The Morgan fingerprint density at radius 3 is 2.78 bits per heavy atom. The van der Waals surface area contributed by atoms with Gasteiger partial charge in [0.1, 0.15) is 0 Å². The van der Waals surface area contributed by atoms with E-state index >= 15 is 0 Å². The van der Waals surface area contributed by atoms with E-state index in [0.29, 0.717) is 0 Å². The van der Waals surface area contributed by atoms with Crippen LogP contribution in [0.4, 0.5) is 18.9 Å². The van der Waals surface area contributed by atoms with E-state index in [1.165, 1.54) is 11.0 Å². The van der Waals surface area contributed by atoms with Crippen molar-refractivity contribution < 1.29 is 22.8 Å². The Balaban J connectivity index is 1.69. The number of anilines is 1. The third-order valence-corrected chi connectivity index (χ3v) is 4.58. The average Bonchev–Trinajstić information content (AvgIpc) is 3.02. The molecule has 1 fully saturated rings. The van der Waals surface area contributed by atoms with Crippen molar-refractivity contribution in [1.29, 1.82) is 0 Å². The van der Waals surface area contributed by atoms with E-state index in [1.54, 1.807) is 24.5 Å². The molecule has 0 bridgehead atoms. The first-order valence-corrected chi connectivity index (χ1v) is 8.47. The fourth-order valence-electron chi connectivity index (χ4n) is 2.87. The highest BCUT2D eigenvalue weighted by molar-refractivity contribution is 6.31. The number of halogens is 4. The summed E-state index contributed by atoms with van der Waals surface area (Å²) in [6.07, 6.45) is -1.47. The lowest BCUT2D eigenvalue weighted by atomic mass is 10.1. The van der Waals surface area contributed by atoms with E-state index in [0.717, 1.165) is 17.7 Å². The summed E-state index contributed by atoms with van der Waals surface area (Å²) in [4.78, 5) is 29.7. The second-order valence-corrected chi connectivity index (χ2v) is 6.55. The molecule has 1 atom stereocenters. The smallest absolute Gasteiger partial charge is 0.352 e. The second-order valence-electron chi connectivity index (χ2n) is 6.15. The summed E-state index contributed by atoms with van der Waals surface area (Å²) < 4.78 is 39.1. The Hall–Kier alpha value is -2.61. The Labute approximate surface area is 158 Å². The minimum Gasteiger partial charge on any atom is -0.352 e. The predicted octanol–water partition coefficient (Wildman–Crippen LogP) is 3.42. The van der Waals surface area contributed by atoms with Gasteiger partial charge in [0.15, 0.2) is 0 Å². The highest BCUT2D eigenvalue weighted by Crippen LogP contribution is 2.38. The summed E-state index contributed by atoms with van der Waals surface area (Å²) in [6, 6.07) is 6.80. The van der Waals surface area contributed by atoms with Gasteiger partial charge in [-0.05, 0) is 29.8 Å². The number of hydrogen-bond acceptors (Lipinski definition) is 3. The number of nitrogens with zero attached hydrogens (tertiary/aromatic N) is 2. The van der Waals surface area contributed by atoms with Crippen LogP contribution in [0.2, 0.25) is 5.02 Å². The molecule has 3 rings (SSSR count). The van der Waals surface area contributed by atoms with Gasteiger partial charge >= 0.3 is 6.18 Å². The van der Waals surface area contributed by atoms with Crippen LogP contribution in [0.1, 0.15) is 17.5 Å². The lowest BCUT2D eigenvalue weighted by molar-refractivity contribution is -0.137. The van der Waals surface area contributed by atoms with Crippen LogP contribution in [0.15, 0.2) is 42.7 Å². The Morgan fingerprint density at radius 2 is 2.11 bits per heavy atom. The molecule has 0 radical (unpaired) electrons. The Kier molecular flexibility index (Phi) is 5.36. The molecule has 1 aliphatic rings. The highest BCUT2D eigenvalue weighted by atomic mass is 35.5. The molecule has 1 aliphatic heterocycles. The number of nitrogens with one attached hydrogen (secondary N) is 1. The molecular formula is C18H15ClF3N3O2. The number of hydrogen-bond donors (Lipinski definition) is 1. The summed E-state index contributed by atoms with van der Waals surface area (Å²) in [5, 5.41) is 2.28. The molecule has 1 unspecified atom stereocenters. The van der Waals surface area contributed by atoms with Gasteiger partial charge in [-0.2, -0.15) is 13.2 Å². The van der Waals surface area contributed by atoms with Crippen LogP contribution in [-0.4, -0.2) is 23.3 Å². The van der Waals surface area contributed by atoms with Gasteiger partial charge in [-0.3, -0.25) is 14.6 Å². The first kappa shape index (κ1) is 19.2. The minimum absolute atomic E-state index is 0.0106. The van der Waals surface area contributed by atoms with Crippen molar-refractivity contribution in [3.05, 3.63) is 58.9 Å². The number of benzene rings is 1. The number of rotatable bonds is 4. The number of pyridine rings is 1. The molecule has 1 aromatic carbocycles. The molecule has 1 saturated heterocycles. The number of carbonyl (C=O) groups is 2. The second kappa shape index (κ2) is 7.56. The largest absolute Gasteiger partial charge is 0.417 e. The quantitative estimate of drug-likeness (QED) is 0.859. The van der Waals surface area contributed by atoms with E-state index in [4.69, 9.17) is 11.6 Å². The third-order valence-electron chi connectivity index (χ3n) is 4.25. The van der Waals surface area contributed by atoms with Crippen molar-refractivity contribution in [2.45, 2.75) is 19.1 Å². The molecule has 142 valence electrons. The van der Waals surface area contributed by atoms with Crippen LogP contribution in [-0.2, 0) is 22.3 Å². The minimum atomic E-state index is -4.63. The summed E-state index contributed by atoms with van der Waals surface area (Å²) in [7, 11) is 0. The van der Waals surface area contributed by atoms with E-state index < -0.39 is 28.6 Å². The van der Waals surface area contributed by atoms with Crippen LogP contribution in [0, 0.1) is 5.92 Å². The topological polar surface area (TPSA) is 62.3 Å². The van der Waals surface area contributed by atoms with Gasteiger partial charge in [0.05, 0.1) is 16.5 Å². The van der Waals surface area contributed by atoms with Crippen LogP contribution in [0.3, 0.4) is 0 Å². The molecule has 2 heterocycles. The molecule has 5 nitrogen and oxygen atoms in total. The maximum absolute atomic E-state index is 13.0. The Bertz CT molecular complexity index is 859. The number of alkyl halides is 3. The third kappa shape index (κ3) is 4.39. The normalized spacial score (nSPS) is 17.3. The van der Waals surface area contributed by atoms with Gasteiger partial charge in [0, 0.05) is 37.6 Å². The Morgan fingerprint density at radius 1 is 1.33 bits per heavy atom. The standard InChI is InChI=1S/C18H15ClF3N3O2/c19-15-4-3-13(7-14(15)18(20,21)22)25-10-12(6-16(25)26)17(27)24-9-11-2-1-5-23-8-11/h1-5,7-8,12H,6,9-10H2,(H,24,27). The van der Waals surface area contributed by atoms with Crippen LogP contribution in [0.5, 0.6) is 0 Å². The molecule has 1 aromatic heterocycles. The maximum atomic E-state index is 13.0. The van der Waals surface area contributed by atoms with Crippen molar-refractivity contribution >= 4 is 29.1 Å². The van der Waals surface area contributed by atoms with Crippen molar-refractivity contribution in [2.75, 3.05) is 11.4 Å². The molecule has 0 spiro atoms. The van der Waals surface area contributed by atoms with E-state index in [-0.39, 0.29) is 31.1 Å². The summed E-state index contributed by atoms with van der Waals surface area (Å²) in [5.41, 5.74) is -0.141. The first-order valence-electron chi connectivity index (χ1n) is 8.09. The predicted molar refractivity (Wildman–Crippen MR) is 93.0 cm³/mol. The van der Waals surface area contributed by atoms with Crippen LogP contribution in [0.25, 0.3) is 0 Å². The van der Waals surface area contributed by atoms with Crippen molar-refractivity contribution in [2.24, 2.45) is 5.92 Å². The van der Waals surface area contributed by atoms with Crippen molar-refractivity contribution in [1.82, 2.24) is 10.3 Å². The molecular weight excluding hydrogens is 383 g/mol.